The first-order chi connectivity index (χ1) is 17.0. The van der Waals surface area contributed by atoms with Crippen molar-refractivity contribution in [2.45, 2.75) is 19.0 Å². The van der Waals surface area contributed by atoms with Crippen LogP contribution in [0.15, 0.2) is 87.9 Å². The summed E-state index contributed by atoms with van der Waals surface area (Å²) in [6.45, 7) is 2.05. The lowest BCUT2D eigenvalue weighted by molar-refractivity contribution is 0.0601. The topological polar surface area (TPSA) is 67.6 Å². The first-order valence-corrected chi connectivity index (χ1v) is 12.2. The number of esters is 1. The Morgan fingerprint density at radius 2 is 1.97 bits per heavy atom. The number of benzene rings is 2. The highest BCUT2D eigenvalue weighted by molar-refractivity contribution is 9.10. The summed E-state index contributed by atoms with van der Waals surface area (Å²) in [5, 5.41) is 4.04. The Labute approximate surface area is 217 Å². The highest BCUT2D eigenvalue weighted by Crippen LogP contribution is 2.43. The van der Waals surface area contributed by atoms with Crippen LogP contribution in [0.5, 0.6) is 0 Å². The molecule has 2 unspecified atom stereocenters. The minimum absolute atomic E-state index is 0.215. The second kappa shape index (κ2) is 9.64. The van der Waals surface area contributed by atoms with Gasteiger partial charge in [0.15, 0.2) is 5.11 Å². The molecule has 5 rings (SSSR count). The van der Waals surface area contributed by atoms with E-state index in [1.165, 1.54) is 7.11 Å². The highest BCUT2D eigenvalue weighted by atomic mass is 79.9. The zero-order valence-electron chi connectivity index (χ0n) is 19.1. The smallest absolute Gasteiger partial charge is 0.337 e. The minimum Gasteiger partial charge on any atom is -0.465 e. The van der Waals surface area contributed by atoms with E-state index >= 15 is 0 Å². The van der Waals surface area contributed by atoms with E-state index in [9.17, 15) is 4.79 Å². The Hall–Kier alpha value is -3.49. The van der Waals surface area contributed by atoms with E-state index in [4.69, 9.17) is 21.4 Å². The number of furan rings is 1. The number of ether oxygens (including phenoxy) is 1. The number of hydrogen-bond donors (Lipinski definition) is 1. The van der Waals surface area contributed by atoms with Gasteiger partial charge in [0.25, 0.3) is 0 Å². The number of aryl methyl sites for hydroxylation is 1. The van der Waals surface area contributed by atoms with Crippen molar-refractivity contribution in [2.75, 3.05) is 12.0 Å². The molecule has 35 heavy (non-hydrogen) atoms. The number of thiocarbonyl (C=S) groups is 1. The van der Waals surface area contributed by atoms with Crippen molar-refractivity contribution < 1.29 is 13.9 Å². The second-order valence-electron chi connectivity index (χ2n) is 8.20. The monoisotopic (exact) mass is 547 g/mol. The fraction of sp³-hybridized carbons (Fsp3) is 0.148. The van der Waals surface area contributed by atoms with Crippen LogP contribution in [0.25, 0.3) is 11.3 Å². The van der Waals surface area contributed by atoms with Crippen LogP contribution < -0.4 is 10.2 Å². The number of rotatable bonds is 5. The third-order valence-electron chi connectivity index (χ3n) is 6.00. The molecular weight excluding hydrogens is 526 g/mol. The van der Waals surface area contributed by atoms with Gasteiger partial charge < -0.3 is 19.4 Å². The predicted molar refractivity (Wildman–Crippen MR) is 142 cm³/mol. The molecule has 2 atom stereocenters. The molecule has 3 heterocycles. The third kappa shape index (κ3) is 4.47. The van der Waals surface area contributed by atoms with Crippen LogP contribution in [0.2, 0.25) is 0 Å². The fourth-order valence-corrected chi connectivity index (χ4v) is 4.88. The molecule has 6 nitrogen and oxygen atoms in total. The number of pyridine rings is 1. The largest absolute Gasteiger partial charge is 0.465 e. The summed E-state index contributed by atoms with van der Waals surface area (Å²) in [6, 6.07) is 22.5. The van der Waals surface area contributed by atoms with Gasteiger partial charge in [-0.05, 0) is 79.3 Å². The van der Waals surface area contributed by atoms with Gasteiger partial charge in [0.1, 0.15) is 17.6 Å². The first kappa shape index (κ1) is 23.3. The maximum Gasteiger partial charge on any atom is 0.337 e. The number of nitrogens with zero attached hydrogens (tertiary/aromatic N) is 2. The number of halogens is 1. The van der Waals surface area contributed by atoms with Crippen LogP contribution in [0, 0.1) is 6.92 Å². The normalized spacial score (nSPS) is 17.3. The lowest BCUT2D eigenvalue weighted by Gasteiger charge is -2.26. The number of nitrogens with one attached hydrogen (secondary N) is 1. The molecule has 4 aromatic rings. The molecule has 0 spiro atoms. The standard InChI is InChI=1S/C27H22BrN3O3S/c1-16-14-19(9-10-20(16)28)31-25(24(30-27(31)35)21-8-3-4-13-29-21)23-12-11-22(34-23)17-6-5-7-18(15-17)26(32)33-2/h3-15,24-25H,1-2H3,(H,30,35). The molecule has 0 bridgehead atoms. The molecule has 1 N–H and O–H groups in total. The predicted octanol–water partition coefficient (Wildman–Crippen LogP) is 6.38. The average Bonchev–Trinajstić information content (AvgIpc) is 3.50. The molecule has 1 aliphatic heterocycles. The van der Waals surface area contributed by atoms with Crippen LogP contribution in [0.3, 0.4) is 0 Å². The van der Waals surface area contributed by atoms with Gasteiger partial charge in [-0.15, -0.1) is 0 Å². The maximum atomic E-state index is 12.0. The van der Waals surface area contributed by atoms with Gasteiger partial charge >= 0.3 is 5.97 Å². The summed E-state index contributed by atoms with van der Waals surface area (Å²) in [7, 11) is 1.37. The van der Waals surface area contributed by atoms with Crippen molar-refractivity contribution in [3.8, 4) is 11.3 Å². The Kier molecular flexibility index (Phi) is 6.40. The molecule has 0 radical (unpaired) electrons. The van der Waals surface area contributed by atoms with E-state index in [1.807, 2.05) is 61.5 Å². The molecule has 8 heteroatoms. The number of carbonyl (C=O) groups excluding carboxylic acids is 1. The fourth-order valence-electron chi connectivity index (χ4n) is 4.28. The van der Waals surface area contributed by atoms with Gasteiger partial charge in [0.05, 0.1) is 24.4 Å². The molecule has 1 fully saturated rings. The zero-order chi connectivity index (χ0) is 24.5. The van der Waals surface area contributed by atoms with E-state index in [2.05, 4.69) is 37.2 Å². The van der Waals surface area contributed by atoms with E-state index in [0.717, 1.165) is 32.7 Å². The molecule has 0 amide bonds. The summed E-state index contributed by atoms with van der Waals surface area (Å²) in [6.07, 6.45) is 1.77. The average molecular weight is 548 g/mol. The summed E-state index contributed by atoms with van der Waals surface area (Å²) in [5.41, 5.74) is 4.17. The Bertz CT molecular complexity index is 1410. The summed E-state index contributed by atoms with van der Waals surface area (Å²) in [4.78, 5) is 18.7. The van der Waals surface area contributed by atoms with Gasteiger partial charge in [-0.25, -0.2) is 4.79 Å². The van der Waals surface area contributed by atoms with Crippen molar-refractivity contribution in [1.82, 2.24) is 10.3 Å². The molecule has 0 aliphatic carbocycles. The van der Waals surface area contributed by atoms with Crippen molar-refractivity contribution in [3.05, 3.63) is 106 Å². The summed E-state index contributed by atoms with van der Waals surface area (Å²) < 4.78 is 12.3. The zero-order valence-corrected chi connectivity index (χ0v) is 21.5. The second-order valence-corrected chi connectivity index (χ2v) is 9.45. The van der Waals surface area contributed by atoms with Gasteiger partial charge in [-0.2, -0.15) is 0 Å². The number of methoxy groups -OCH3 is 1. The van der Waals surface area contributed by atoms with Crippen LogP contribution in [0.4, 0.5) is 5.69 Å². The Balaban J connectivity index is 1.58. The molecule has 2 aromatic heterocycles. The Morgan fingerprint density at radius 1 is 1.11 bits per heavy atom. The highest BCUT2D eigenvalue weighted by Gasteiger charge is 2.42. The van der Waals surface area contributed by atoms with Gasteiger partial charge in [0.2, 0.25) is 0 Å². The quantitative estimate of drug-likeness (QED) is 0.230. The maximum absolute atomic E-state index is 12.0. The summed E-state index contributed by atoms with van der Waals surface area (Å²) in [5.74, 6) is 0.985. The van der Waals surface area contributed by atoms with Crippen LogP contribution in [-0.4, -0.2) is 23.2 Å². The van der Waals surface area contributed by atoms with Crippen LogP contribution >= 0.6 is 28.1 Å². The molecule has 1 saturated heterocycles. The number of aromatic nitrogens is 1. The molecule has 1 aliphatic rings. The number of anilines is 1. The van der Waals surface area contributed by atoms with E-state index in [0.29, 0.717) is 16.4 Å². The van der Waals surface area contributed by atoms with E-state index < -0.39 is 5.97 Å². The molecule has 0 saturated carbocycles. The molecule has 176 valence electrons. The van der Waals surface area contributed by atoms with Gasteiger partial charge in [0, 0.05) is 21.9 Å². The SMILES string of the molecule is COC(=O)c1cccc(-c2ccc(C3C(c4ccccn4)NC(=S)N3c3ccc(Br)c(C)c3)o2)c1. The number of hydrogen-bond acceptors (Lipinski definition) is 5. The van der Waals surface area contributed by atoms with Crippen LogP contribution in [0.1, 0.15) is 39.5 Å². The third-order valence-corrected chi connectivity index (χ3v) is 7.21. The molecular formula is C27H22BrN3O3S. The first-order valence-electron chi connectivity index (χ1n) is 11.0. The van der Waals surface area contributed by atoms with Crippen molar-refractivity contribution in [3.63, 3.8) is 0 Å². The molecule has 2 aromatic carbocycles. The van der Waals surface area contributed by atoms with Gasteiger partial charge in [-0.1, -0.05) is 34.1 Å². The lowest BCUT2D eigenvalue weighted by atomic mass is 10.0. The minimum atomic E-state index is -0.393. The van der Waals surface area contributed by atoms with Crippen molar-refractivity contribution >= 4 is 44.9 Å². The van der Waals surface area contributed by atoms with E-state index in [1.54, 1.807) is 18.3 Å². The number of carbonyl (C=O) groups is 1. The van der Waals surface area contributed by atoms with Crippen molar-refractivity contribution in [1.29, 1.82) is 0 Å². The van der Waals surface area contributed by atoms with Crippen molar-refractivity contribution in [2.24, 2.45) is 0 Å². The van der Waals surface area contributed by atoms with Gasteiger partial charge in [-0.3, -0.25) is 4.98 Å². The lowest BCUT2D eigenvalue weighted by Crippen LogP contribution is -2.29. The summed E-state index contributed by atoms with van der Waals surface area (Å²) >= 11 is 9.38. The van der Waals surface area contributed by atoms with E-state index in [-0.39, 0.29) is 12.1 Å². The van der Waals surface area contributed by atoms with Crippen LogP contribution in [-0.2, 0) is 4.74 Å². The Morgan fingerprint density at radius 3 is 2.71 bits per heavy atom.